The Bertz CT molecular complexity index is 364. The average Bonchev–Trinajstić information content (AvgIpc) is 2.46. The molecule has 1 fully saturated rings. The maximum absolute atomic E-state index is 12.1. The second kappa shape index (κ2) is 6.98. The molecule has 106 valence electrons. The molecule has 19 heavy (non-hydrogen) atoms. The molecule has 5 heteroatoms. The fraction of sp³-hybridized carbons (Fsp3) is 0.714. The Hall–Kier alpha value is -0.970. The van der Waals surface area contributed by atoms with E-state index in [9.17, 15) is 9.59 Å². The second-order valence-electron chi connectivity index (χ2n) is 5.23. The summed E-state index contributed by atoms with van der Waals surface area (Å²) in [5.41, 5.74) is 0. The van der Waals surface area contributed by atoms with Crippen LogP contribution in [0.2, 0.25) is 0 Å². The third kappa shape index (κ3) is 4.00. The van der Waals surface area contributed by atoms with Crippen LogP contribution in [0.1, 0.15) is 32.1 Å². The van der Waals surface area contributed by atoms with Gasteiger partial charge in [0.05, 0.1) is 11.8 Å². The Morgan fingerprint density at radius 1 is 1.21 bits per heavy atom. The summed E-state index contributed by atoms with van der Waals surface area (Å²) in [5, 5.41) is 12.6. The molecule has 1 amide bonds. The molecule has 1 aliphatic heterocycles. The van der Waals surface area contributed by atoms with E-state index in [1.807, 2.05) is 23.9 Å². The topological polar surface area (TPSA) is 66.4 Å². The number of aliphatic carboxylic acids is 1. The van der Waals surface area contributed by atoms with Crippen molar-refractivity contribution >= 4 is 23.6 Å². The number of allylic oxidation sites excluding steroid dienone is 2. The molecule has 4 nitrogen and oxygen atoms in total. The Morgan fingerprint density at radius 3 is 2.58 bits per heavy atom. The van der Waals surface area contributed by atoms with E-state index in [0.717, 1.165) is 6.42 Å². The third-order valence-electron chi connectivity index (χ3n) is 3.86. The molecule has 2 rings (SSSR count). The van der Waals surface area contributed by atoms with Gasteiger partial charge in [-0.3, -0.25) is 9.59 Å². The number of nitrogens with one attached hydrogen (secondary N) is 1. The zero-order chi connectivity index (χ0) is 13.7. The van der Waals surface area contributed by atoms with Gasteiger partial charge < -0.3 is 10.4 Å². The molecule has 0 radical (unpaired) electrons. The van der Waals surface area contributed by atoms with Crippen molar-refractivity contribution in [3.63, 3.8) is 0 Å². The van der Waals surface area contributed by atoms with Crippen LogP contribution in [0, 0.1) is 11.8 Å². The van der Waals surface area contributed by atoms with E-state index >= 15 is 0 Å². The van der Waals surface area contributed by atoms with Crippen LogP contribution in [0.15, 0.2) is 12.2 Å². The summed E-state index contributed by atoms with van der Waals surface area (Å²) in [4.78, 5) is 23.3. The summed E-state index contributed by atoms with van der Waals surface area (Å²) in [6, 6.07) is 0. The van der Waals surface area contributed by atoms with Crippen molar-refractivity contribution in [1.82, 2.24) is 5.32 Å². The van der Waals surface area contributed by atoms with Gasteiger partial charge in [-0.05, 0) is 31.4 Å². The Morgan fingerprint density at radius 2 is 1.95 bits per heavy atom. The number of hydrogen-bond acceptors (Lipinski definition) is 3. The van der Waals surface area contributed by atoms with Crippen LogP contribution in [0.3, 0.4) is 0 Å². The highest BCUT2D eigenvalue weighted by molar-refractivity contribution is 7.99. The van der Waals surface area contributed by atoms with Crippen molar-refractivity contribution in [2.45, 2.75) is 37.4 Å². The molecule has 1 heterocycles. The van der Waals surface area contributed by atoms with E-state index in [2.05, 4.69) is 5.32 Å². The number of carboxylic acids is 1. The SMILES string of the molecule is O=C(O)[C@H]1CC=CC[C@H]1C(=O)NCC1CCCCS1. The lowest BCUT2D eigenvalue weighted by Crippen LogP contribution is -2.41. The lowest BCUT2D eigenvalue weighted by atomic mass is 9.82. The van der Waals surface area contributed by atoms with E-state index in [0.29, 0.717) is 24.6 Å². The molecule has 3 atom stereocenters. The predicted octanol–water partition coefficient (Wildman–Crippen LogP) is 2.06. The van der Waals surface area contributed by atoms with Gasteiger partial charge in [-0.2, -0.15) is 11.8 Å². The minimum absolute atomic E-state index is 0.0945. The van der Waals surface area contributed by atoms with E-state index in [-0.39, 0.29) is 5.91 Å². The first kappa shape index (κ1) is 14.4. The molecule has 0 aromatic heterocycles. The maximum Gasteiger partial charge on any atom is 0.307 e. The highest BCUT2D eigenvalue weighted by Gasteiger charge is 2.34. The van der Waals surface area contributed by atoms with Crippen molar-refractivity contribution < 1.29 is 14.7 Å². The molecule has 0 saturated carbocycles. The second-order valence-corrected chi connectivity index (χ2v) is 6.64. The number of carbonyl (C=O) groups is 2. The average molecular weight is 283 g/mol. The molecular weight excluding hydrogens is 262 g/mol. The molecule has 1 unspecified atom stereocenters. The highest BCUT2D eigenvalue weighted by Crippen LogP contribution is 2.27. The van der Waals surface area contributed by atoms with Gasteiger partial charge in [0.25, 0.3) is 0 Å². The standard InChI is InChI=1S/C14H21NO3S/c16-13(15-9-10-5-3-4-8-19-10)11-6-1-2-7-12(11)14(17)18/h1-2,10-12H,3-9H2,(H,15,16)(H,17,18)/t10?,11-,12+/m1/s1. The Labute approximate surface area is 118 Å². The number of thioether (sulfide) groups is 1. The van der Waals surface area contributed by atoms with Crippen LogP contribution in [0.4, 0.5) is 0 Å². The molecule has 0 bridgehead atoms. The van der Waals surface area contributed by atoms with Crippen molar-refractivity contribution in [1.29, 1.82) is 0 Å². The lowest BCUT2D eigenvalue weighted by Gasteiger charge is -2.26. The van der Waals surface area contributed by atoms with E-state index in [1.165, 1.54) is 18.6 Å². The predicted molar refractivity (Wildman–Crippen MR) is 76.1 cm³/mol. The molecule has 2 N–H and O–H groups in total. The largest absolute Gasteiger partial charge is 0.481 e. The number of carboxylic acid groups (broad SMARTS) is 1. The monoisotopic (exact) mass is 283 g/mol. The van der Waals surface area contributed by atoms with E-state index in [1.54, 1.807) is 0 Å². The molecule has 0 spiro atoms. The summed E-state index contributed by atoms with van der Waals surface area (Å²) in [6.07, 6.45) is 8.43. The third-order valence-corrected chi connectivity index (χ3v) is 5.26. The van der Waals surface area contributed by atoms with Crippen molar-refractivity contribution in [2.24, 2.45) is 11.8 Å². The smallest absolute Gasteiger partial charge is 0.307 e. The molecule has 1 aliphatic carbocycles. The highest BCUT2D eigenvalue weighted by atomic mass is 32.2. The van der Waals surface area contributed by atoms with Gasteiger partial charge in [-0.15, -0.1) is 0 Å². The van der Waals surface area contributed by atoms with Crippen molar-refractivity contribution in [3.05, 3.63) is 12.2 Å². The van der Waals surface area contributed by atoms with E-state index < -0.39 is 17.8 Å². The summed E-state index contributed by atoms with van der Waals surface area (Å²) < 4.78 is 0. The molecule has 0 aromatic carbocycles. The number of hydrogen-bond donors (Lipinski definition) is 2. The van der Waals surface area contributed by atoms with Crippen LogP contribution < -0.4 is 5.32 Å². The number of amides is 1. The first-order chi connectivity index (χ1) is 9.18. The number of rotatable bonds is 4. The van der Waals surface area contributed by atoms with Gasteiger partial charge in [0, 0.05) is 11.8 Å². The zero-order valence-electron chi connectivity index (χ0n) is 11.0. The summed E-state index contributed by atoms with van der Waals surface area (Å²) in [5.74, 6) is -0.760. The maximum atomic E-state index is 12.1. The van der Waals surface area contributed by atoms with E-state index in [4.69, 9.17) is 5.11 Å². The summed E-state index contributed by atoms with van der Waals surface area (Å²) in [6.45, 7) is 0.677. The normalized spacial score (nSPS) is 30.8. The van der Waals surface area contributed by atoms with Crippen LogP contribution >= 0.6 is 11.8 Å². The van der Waals surface area contributed by atoms with Gasteiger partial charge in [0.15, 0.2) is 0 Å². The van der Waals surface area contributed by atoms with Crippen molar-refractivity contribution in [2.75, 3.05) is 12.3 Å². The van der Waals surface area contributed by atoms with Crippen LogP contribution in [0.5, 0.6) is 0 Å². The summed E-state index contributed by atoms with van der Waals surface area (Å²) >= 11 is 1.91. The van der Waals surface area contributed by atoms with Crippen molar-refractivity contribution in [3.8, 4) is 0 Å². The van der Waals surface area contributed by atoms with Gasteiger partial charge in [-0.1, -0.05) is 18.6 Å². The van der Waals surface area contributed by atoms with Crippen LogP contribution in [0.25, 0.3) is 0 Å². The fourth-order valence-electron chi connectivity index (χ4n) is 2.69. The van der Waals surface area contributed by atoms with Gasteiger partial charge in [-0.25, -0.2) is 0 Å². The quantitative estimate of drug-likeness (QED) is 0.775. The van der Waals surface area contributed by atoms with Gasteiger partial charge >= 0.3 is 5.97 Å². The number of carbonyl (C=O) groups excluding carboxylic acids is 1. The van der Waals surface area contributed by atoms with Gasteiger partial charge in [0.1, 0.15) is 0 Å². The molecule has 0 aromatic rings. The first-order valence-electron chi connectivity index (χ1n) is 6.95. The molecule has 1 saturated heterocycles. The minimum Gasteiger partial charge on any atom is -0.481 e. The minimum atomic E-state index is -0.864. The first-order valence-corrected chi connectivity index (χ1v) is 8.00. The van der Waals surface area contributed by atoms with Crippen LogP contribution in [-0.4, -0.2) is 34.5 Å². The lowest BCUT2D eigenvalue weighted by molar-refractivity contribution is -0.147. The Balaban J connectivity index is 1.84. The molecular formula is C14H21NO3S. The summed E-state index contributed by atoms with van der Waals surface area (Å²) in [7, 11) is 0. The molecule has 2 aliphatic rings. The fourth-order valence-corrected chi connectivity index (χ4v) is 3.93. The zero-order valence-corrected chi connectivity index (χ0v) is 11.8. The van der Waals surface area contributed by atoms with Gasteiger partial charge in [0.2, 0.25) is 5.91 Å². The van der Waals surface area contributed by atoms with Crippen LogP contribution in [-0.2, 0) is 9.59 Å². The Kier molecular flexibility index (Phi) is 5.31.